The van der Waals surface area contributed by atoms with Crippen LogP contribution >= 0.6 is 0 Å². The molecule has 0 radical (unpaired) electrons. The van der Waals surface area contributed by atoms with E-state index in [4.69, 9.17) is 0 Å². The van der Waals surface area contributed by atoms with Crippen molar-refractivity contribution in [1.82, 2.24) is 10.3 Å². The number of sulfone groups is 1. The van der Waals surface area contributed by atoms with Crippen molar-refractivity contribution in [2.24, 2.45) is 0 Å². The number of rotatable bonds is 7. The van der Waals surface area contributed by atoms with Gasteiger partial charge in [0.2, 0.25) is 0 Å². The molecule has 1 heterocycles. The molecule has 6 heteroatoms. The Morgan fingerprint density at radius 2 is 2.16 bits per heavy atom. The van der Waals surface area contributed by atoms with Crippen LogP contribution in [-0.2, 0) is 9.84 Å². The van der Waals surface area contributed by atoms with E-state index in [1.165, 1.54) is 6.26 Å². The molecule has 19 heavy (non-hydrogen) atoms. The van der Waals surface area contributed by atoms with Gasteiger partial charge in [0, 0.05) is 32.1 Å². The summed E-state index contributed by atoms with van der Waals surface area (Å²) in [5.74, 6) is 0.934. The molecule has 0 saturated carbocycles. The summed E-state index contributed by atoms with van der Waals surface area (Å²) in [5, 5.41) is 3.34. The van der Waals surface area contributed by atoms with E-state index in [9.17, 15) is 8.42 Å². The summed E-state index contributed by atoms with van der Waals surface area (Å²) in [6.07, 6.45) is 3.01. The monoisotopic (exact) mass is 285 g/mol. The van der Waals surface area contributed by atoms with E-state index in [2.05, 4.69) is 24.1 Å². The summed E-state index contributed by atoms with van der Waals surface area (Å²) in [6, 6.07) is 4.23. The van der Waals surface area contributed by atoms with Crippen LogP contribution in [0.4, 0.5) is 5.82 Å². The summed E-state index contributed by atoms with van der Waals surface area (Å²) in [5.41, 5.74) is 1.15. The lowest BCUT2D eigenvalue weighted by Gasteiger charge is -2.20. The van der Waals surface area contributed by atoms with Crippen LogP contribution in [0.5, 0.6) is 0 Å². The summed E-state index contributed by atoms with van der Waals surface area (Å²) >= 11 is 0. The molecule has 0 amide bonds. The molecular formula is C13H23N3O2S. The number of nitrogens with one attached hydrogen (secondary N) is 1. The van der Waals surface area contributed by atoms with Gasteiger partial charge in [0.05, 0.1) is 5.75 Å². The minimum absolute atomic E-state index is 0.137. The van der Waals surface area contributed by atoms with Crippen molar-refractivity contribution in [1.29, 1.82) is 0 Å². The molecule has 5 nitrogen and oxygen atoms in total. The van der Waals surface area contributed by atoms with Gasteiger partial charge in [0.25, 0.3) is 0 Å². The largest absolute Gasteiger partial charge is 0.359 e. The van der Waals surface area contributed by atoms with Gasteiger partial charge in [-0.25, -0.2) is 13.4 Å². The minimum atomic E-state index is -2.94. The van der Waals surface area contributed by atoms with E-state index in [1.807, 2.05) is 24.1 Å². The van der Waals surface area contributed by atoms with E-state index < -0.39 is 9.84 Å². The Labute approximate surface area is 116 Å². The third kappa shape index (κ3) is 5.57. The highest BCUT2D eigenvalue weighted by Crippen LogP contribution is 2.17. The molecule has 1 N–H and O–H groups in total. The SMILES string of the molecule is CCNC(C)c1ccnc(N(C)CCS(C)(=O)=O)c1. The molecule has 0 fully saturated rings. The highest BCUT2D eigenvalue weighted by atomic mass is 32.2. The third-order valence-electron chi connectivity index (χ3n) is 2.97. The second-order valence-electron chi connectivity index (χ2n) is 4.78. The molecule has 0 aliphatic rings. The van der Waals surface area contributed by atoms with Crippen LogP contribution in [0.15, 0.2) is 18.3 Å². The van der Waals surface area contributed by atoms with Crippen molar-refractivity contribution in [3.63, 3.8) is 0 Å². The second-order valence-corrected chi connectivity index (χ2v) is 7.04. The summed E-state index contributed by atoms with van der Waals surface area (Å²) in [6.45, 7) is 5.52. The molecule has 1 aromatic heterocycles. The fraction of sp³-hybridized carbons (Fsp3) is 0.615. The smallest absolute Gasteiger partial charge is 0.149 e. The van der Waals surface area contributed by atoms with Crippen LogP contribution < -0.4 is 10.2 Å². The first-order valence-electron chi connectivity index (χ1n) is 6.41. The quantitative estimate of drug-likeness (QED) is 0.816. The summed E-state index contributed by atoms with van der Waals surface area (Å²) < 4.78 is 22.3. The average molecular weight is 285 g/mol. The fourth-order valence-electron chi connectivity index (χ4n) is 1.75. The van der Waals surface area contributed by atoms with E-state index in [0.29, 0.717) is 6.54 Å². The average Bonchev–Trinajstić information content (AvgIpc) is 2.35. The number of hydrogen-bond acceptors (Lipinski definition) is 5. The molecule has 0 spiro atoms. The molecule has 0 aliphatic carbocycles. The Hall–Kier alpha value is -1.14. The van der Waals surface area contributed by atoms with Gasteiger partial charge in [-0.3, -0.25) is 0 Å². The van der Waals surface area contributed by atoms with Gasteiger partial charge >= 0.3 is 0 Å². The lowest BCUT2D eigenvalue weighted by molar-refractivity contribution is 0.596. The number of hydrogen-bond donors (Lipinski definition) is 1. The molecule has 0 aliphatic heterocycles. The fourth-order valence-corrected chi connectivity index (χ4v) is 2.36. The van der Waals surface area contributed by atoms with Crippen molar-refractivity contribution in [3.05, 3.63) is 23.9 Å². The molecular weight excluding hydrogens is 262 g/mol. The van der Waals surface area contributed by atoms with E-state index >= 15 is 0 Å². The summed E-state index contributed by atoms with van der Waals surface area (Å²) in [7, 11) is -1.09. The van der Waals surface area contributed by atoms with Crippen LogP contribution in [0.3, 0.4) is 0 Å². The highest BCUT2D eigenvalue weighted by Gasteiger charge is 2.10. The van der Waals surface area contributed by atoms with Gasteiger partial charge in [-0.1, -0.05) is 6.92 Å². The van der Waals surface area contributed by atoms with Gasteiger partial charge < -0.3 is 10.2 Å². The Balaban J connectivity index is 2.75. The van der Waals surface area contributed by atoms with Crippen molar-refractivity contribution in [2.75, 3.05) is 37.0 Å². The molecule has 1 aromatic rings. The van der Waals surface area contributed by atoms with Crippen molar-refractivity contribution in [3.8, 4) is 0 Å². The zero-order chi connectivity index (χ0) is 14.5. The van der Waals surface area contributed by atoms with Gasteiger partial charge in [0.1, 0.15) is 15.7 Å². The maximum atomic E-state index is 11.2. The minimum Gasteiger partial charge on any atom is -0.359 e. The normalized spacial score (nSPS) is 13.3. The predicted molar refractivity (Wildman–Crippen MR) is 79.3 cm³/mol. The summed E-state index contributed by atoms with van der Waals surface area (Å²) in [4.78, 5) is 6.15. The number of pyridine rings is 1. The maximum absolute atomic E-state index is 11.2. The number of aromatic nitrogens is 1. The van der Waals surface area contributed by atoms with Gasteiger partial charge in [-0.15, -0.1) is 0 Å². The first-order valence-corrected chi connectivity index (χ1v) is 8.47. The van der Waals surface area contributed by atoms with Gasteiger partial charge in [-0.2, -0.15) is 0 Å². The Kier molecular flexibility index (Phi) is 5.75. The molecule has 1 rings (SSSR count). The predicted octanol–water partition coefficient (Wildman–Crippen LogP) is 1.23. The molecule has 0 saturated heterocycles. The Morgan fingerprint density at radius 1 is 1.47 bits per heavy atom. The highest BCUT2D eigenvalue weighted by molar-refractivity contribution is 7.90. The maximum Gasteiger partial charge on any atom is 0.149 e. The van der Waals surface area contributed by atoms with E-state index in [0.717, 1.165) is 17.9 Å². The van der Waals surface area contributed by atoms with Crippen molar-refractivity contribution >= 4 is 15.7 Å². The van der Waals surface area contributed by atoms with Crippen molar-refractivity contribution in [2.45, 2.75) is 19.9 Å². The Bertz CT molecular complexity index is 502. The molecule has 1 unspecified atom stereocenters. The van der Waals surface area contributed by atoms with Crippen LogP contribution in [0, 0.1) is 0 Å². The first kappa shape index (κ1) is 15.9. The number of nitrogens with zero attached hydrogens (tertiary/aromatic N) is 2. The zero-order valence-corrected chi connectivity index (χ0v) is 12.9. The van der Waals surface area contributed by atoms with Gasteiger partial charge in [0.15, 0.2) is 0 Å². The molecule has 0 aromatic carbocycles. The lowest BCUT2D eigenvalue weighted by Crippen LogP contribution is -2.26. The Morgan fingerprint density at radius 3 is 2.74 bits per heavy atom. The van der Waals surface area contributed by atoms with E-state index in [1.54, 1.807) is 6.20 Å². The van der Waals surface area contributed by atoms with Crippen molar-refractivity contribution < 1.29 is 8.42 Å². The third-order valence-corrected chi connectivity index (χ3v) is 3.89. The van der Waals surface area contributed by atoms with Gasteiger partial charge in [-0.05, 0) is 31.2 Å². The standard InChI is InChI=1S/C13H23N3O2S/c1-5-14-11(2)12-6-7-15-13(10-12)16(3)8-9-19(4,17)18/h6-7,10-11,14H,5,8-9H2,1-4H3. The molecule has 108 valence electrons. The van der Waals surface area contributed by atoms with Crippen LogP contribution in [0.25, 0.3) is 0 Å². The zero-order valence-electron chi connectivity index (χ0n) is 12.0. The number of anilines is 1. The second kappa shape index (κ2) is 6.86. The molecule has 1 atom stereocenters. The lowest BCUT2D eigenvalue weighted by atomic mass is 10.1. The first-order chi connectivity index (χ1) is 8.83. The van der Waals surface area contributed by atoms with Crippen LogP contribution in [0.1, 0.15) is 25.5 Å². The topological polar surface area (TPSA) is 62.3 Å². The van der Waals surface area contributed by atoms with E-state index in [-0.39, 0.29) is 11.8 Å². The van der Waals surface area contributed by atoms with Crippen LogP contribution in [-0.4, -0.2) is 45.5 Å². The van der Waals surface area contributed by atoms with Crippen LogP contribution in [0.2, 0.25) is 0 Å². The molecule has 0 bridgehead atoms.